The number of benzene rings is 9. The molecule has 25 nitrogen and oxygen atoms in total. The van der Waals surface area contributed by atoms with E-state index < -0.39 is 63.2 Å². The molecule has 0 spiro atoms. The number of nitrogens with two attached hydrogens (primary N) is 1. The fourth-order valence-corrected chi connectivity index (χ4v) is 13.1. The van der Waals surface area contributed by atoms with E-state index in [1.165, 1.54) is 119 Å². The summed E-state index contributed by atoms with van der Waals surface area (Å²) in [5, 5.41) is 29.7. The van der Waals surface area contributed by atoms with Crippen LogP contribution in [0.15, 0.2) is 228 Å². The van der Waals surface area contributed by atoms with Crippen molar-refractivity contribution in [2.24, 2.45) is 10.3 Å². The number of carbonyl (C=O) groups excluding carboxylic acids is 3. The predicted molar refractivity (Wildman–Crippen MR) is 461 cm³/mol. The van der Waals surface area contributed by atoms with Gasteiger partial charge < -0.3 is 53.7 Å². The van der Waals surface area contributed by atoms with Crippen molar-refractivity contribution >= 4 is 101 Å². The summed E-state index contributed by atoms with van der Waals surface area (Å²) in [4.78, 5) is 97.6. The van der Waals surface area contributed by atoms with Gasteiger partial charge in [0.25, 0.3) is 17.0 Å². The number of rotatable bonds is 19. The van der Waals surface area contributed by atoms with E-state index in [1.54, 1.807) is 75.4 Å². The number of unbranched alkanes of at least 4 members (excludes halogenated alkanes) is 2. The summed E-state index contributed by atoms with van der Waals surface area (Å²) in [6.45, 7) is 25.0. The number of allylic oxidation sites excluding steroid dienone is 1. The number of anilines is 2. The van der Waals surface area contributed by atoms with Crippen molar-refractivity contribution in [1.82, 2.24) is 34.1 Å². The largest absolute Gasteiger partial charge is 0.506 e. The number of halogens is 7. The fourth-order valence-electron chi connectivity index (χ4n) is 13.1. The number of aryl methyl sites for hydroxylation is 2. The van der Waals surface area contributed by atoms with Crippen LogP contribution in [0.1, 0.15) is 161 Å². The van der Waals surface area contributed by atoms with Gasteiger partial charge in [-0.1, -0.05) is 35.6 Å². The molecule has 1 amide bonds. The number of nitrogens with zero attached hydrogens (tertiary/aromatic N) is 9. The maximum Gasteiger partial charge on any atom is 0.306 e. The van der Waals surface area contributed by atoms with Gasteiger partial charge in [0.2, 0.25) is 28.9 Å². The van der Waals surface area contributed by atoms with Gasteiger partial charge >= 0.3 is 11.9 Å². The second-order valence-corrected chi connectivity index (χ2v) is 32.2. The topological polar surface area (TPSA) is 339 Å². The Morgan fingerprint density at radius 2 is 0.857 bits per heavy atom. The van der Waals surface area contributed by atoms with Gasteiger partial charge in [-0.15, -0.1) is 0 Å². The molecule has 0 radical (unpaired) electrons. The Hall–Kier alpha value is -14.6. The van der Waals surface area contributed by atoms with E-state index in [9.17, 15) is 59.8 Å². The Balaban J connectivity index is 0.000000164. The lowest BCUT2D eigenvalue weighted by Crippen LogP contribution is -2.25. The van der Waals surface area contributed by atoms with E-state index in [0.29, 0.717) is 164 Å². The number of phenolic OH excluding ortho intramolecular Hbond substituents is 2. The molecule has 0 saturated heterocycles. The summed E-state index contributed by atoms with van der Waals surface area (Å²) in [5.41, 5.74) is 10.1. The number of ether oxygens (including phenoxy) is 2. The van der Waals surface area contributed by atoms with Gasteiger partial charge in [0.15, 0.2) is 16.7 Å². The number of hydrogen-bond donors (Lipinski definition) is 4. The lowest BCUT2D eigenvalue weighted by atomic mass is 9.95. The molecule has 652 valence electrons. The maximum atomic E-state index is 13.8. The number of nitrogens with one attached hydrogen (secondary N) is 1. The lowest BCUT2D eigenvalue weighted by molar-refractivity contribution is -0.156. The molecule has 14 aromatic rings. The average molecular weight is 1730 g/mol. The number of esters is 2. The molecule has 32 heteroatoms. The molecular weight excluding hydrogens is 1640 g/mol. The number of aromatic nitrogens is 7. The quantitative estimate of drug-likeness (QED) is 0.0146. The predicted octanol–water partition coefficient (Wildman–Crippen LogP) is 20.0. The van der Waals surface area contributed by atoms with E-state index in [2.05, 4.69) is 43.7 Å². The molecule has 2 unspecified atom stereocenters. The van der Waals surface area contributed by atoms with Crippen molar-refractivity contribution in [3.05, 3.63) is 297 Å². The normalized spacial score (nSPS) is 14.7. The van der Waals surface area contributed by atoms with E-state index in [1.807, 2.05) is 41.5 Å². The molecule has 5 aromatic heterocycles. The van der Waals surface area contributed by atoms with Gasteiger partial charge in [0, 0.05) is 91.1 Å². The zero-order chi connectivity index (χ0) is 90.9. The van der Waals surface area contributed by atoms with Crippen LogP contribution in [0, 0.1) is 40.7 Å². The highest BCUT2D eigenvalue weighted by atomic mass is 19.2. The van der Waals surface area contributed by atoms with Crippen LogP contribution in [0.4, 0.5) is 42.1 Å². The highest BCUT2D eigenvalue weighted by molar-refractivity contribution is 6.05. The number of hydrogen-bond acceptors (Lipinski definition) is 22. The summed E-state index contributed by atoms with van der Waals surface area (Å²) in [7, 11) is 0. The fraction of sp³-hybridized carbons (Fsp3) is 0.255. The van der Waals surface area contributed by atoms with Crippen molar-refractivity contribution in [3.63, 3.8) is 0 Å². The van der Waals surface area contributed by atoms with Crippen molar-refractivity contribution < 1.29 is 87.7 Å². The number of carbonyl (C=O) groups is 3. The van der Waals surface area contributed by atoms with Gasteiger partial charge in [-0.05, 0) is 228 Å². The minimum absolute atomic E-state index is 0.166. The lowest BCUT2D eigenvalue weighted by Gasteiger charge is -2.19. The molecule has 9 aromatic carbocycles. The average Bonchev–Trinajstić information content (AvgIpc) is 1.57. The molecule has 7 heterocycles. The highest BCUT2D eigenvalue weighted by Crippen LogP contribution is 2.40. The Kier molecular flexibility index (Phi) is 27.4. The number of fused-ring (bicyclic) bond motifs is 5. The van der Waals surface area contributed by atoms with Gasteiger partial charge in [0.1, 0.15) is 91.6 Å². The molecule has 2 aliphatic heterocycles. The van der Waals surface area contributed by atoms with Crippen LogP contribution in [0.25, 0.3) is 72.1 Å². The van der Waals surface area contributed by atoms with Crippen LogP contribution in [0.3, 0.4) is 0 Å². The van der Waals surface area contributed by atoms with E-state index in [0.717, 1.165) is 23.8 Å². The monoisotopic (exact) mass is 1730 g/mol. The van der Waals surface area contributed by atoms with Crippen molar-refractivity contribution in [2.75, 3.05) is 11.1 Å². The molecule has 5 N–H and O–H groups in total. The van der Waals surface area contributed by atoms with E-state index in [-0.39, 0.29) is 76.4 Å². The standard InChI is InChI=1S/2C34H32F2N4O5.C10H10FNO2.C10H8FNO.C6H6FNO/c2*1-33(2,3)44-30(41)8-6-5-7-29-37-26-17-20(9-15-24(26)31(42)40(29)23-13-10-21(35)11-14-23)27-19-34(4,45-39-27)32-38-25-16-12-22(36)18-28(25)43-32;1-6(2)10(14)12-8-4-3-7(11)5-9(8)13;1-6(2)10-12-8-4-3-7(11)5-9(8)13-10;7-4-1-2-5(8)6(9)3-4/h2*9-18H,5-8,19H2,1-4H3;3-5,13H,1H2,2H3,(H,12,14);3-5H,1H2,2H3;1-3,9H,8H2. The van der Waals surface area contributed by atoms with Crippen LogP contribution in [0.2, 0.25) is 0 Å². The molecule has 0 saturated carbocycles. The first kappa shape index (κ1) is 90.6. The molecule has 16 rings (SSSR count). The third-order valence-corrected chi connectivity index (χ3v) is 19.3. The number of nitrogen functional groups attached to an aromatic ring is 1. The Morgan fingerprint density at radius 1 is 0.476 bits per heavy atom. The summed E-state index contributed by atoms with van der Waals surface area (Å²) >= 11 is 0. The van der Waals surface area contributed by atoms with Crippen LogP contribution in [-0.4, -0.2) is 84.7 Å². The van der Waals surface area contributed by atoms with E-state index in [4.69, 9.17) is 53.2 Å². The van der Waals surface area contributed by atoms with Crippen LogP contribution >= 0.6 is 0 Å². The molecule has 126 heavy (non-hydrogen) atoms. The molecule has 0 aliphatic carbocycles. The van der Waals surface area contributed by atoms with Crippen molar-refractivity contribution in [1.29, 1.82) is 0 Å². The number of oxazole rings is 3. The first-order valence-corrected chi connectivity index (χ1v) is 39.8. The summed E-state index contributed by atoms with van der Waals surface area (Å²) < 4.78 is 123. The Bertz CT molecular complexity index is 6400. The van der Waals surface area contributed by atoms with Gasteiger partial charge in [-0.3, -0.25) is 33.1 Å². The van der Waals surface area contributed by atoms with Crippen molar-refractivity contribution in [3.8, 4) is 22.9 Å². The Morgan fingerprint density at radius 3 is 1.25 bits per heavy atom. The Labute approximate surface area is 716 Å². The third kappa shape index (κ3) is 22.6. The second-order valence-electron chi connectivity index (χ2n) is 32.2. The number of aromatic hydroxyl groups is 2. The van der Waals surface area contributed by atoms with Crippen molar-refractivity contribution in [2.45, 2.75) is 156 Å². The minimum atomic E-state index is -1.02. The van der Waals surface area contributed by atoms with Crippen LogP contribution < -0.4 is 22.2 Å². The van der Waals surface area contributed by atoms with Gasteiger partial charge in [-0.2, -0.15) is 0 Å². The zero-order valence-electron chi connectivity index (χ0n) is 70.3. The van der Waals surface area contributed by atoms with Crippen LogP contribution in [0.5, 0.6) is 11.5 Å². The molecule has 0 bridgehead atoms. The summed E-state index contributed by atoms with van der Waals surface area (Å²) in [6.07, 6.45) is 4.15. The van der Waals surface area contributed by atoms with Crippen LogP contribution in [-0.2, 0) is 57.6 Å². The molecule has 0 fully saturated rings. The third-order valence-electron chi connectivity index (χ3n) is 19.3. The second kappa shape index (κ2) is 38.0. The number of phenols is 2. The highest BCUT2D eigenvalue weighted by Gasteiger charge is 2.43. The van der Waals surface area contributed by atoms with E-state index >= 15 is 0 Å². The zero-order valence-corrected chi connectivity index (χ0v) is 70.3. The maximum absolute atomic E-state index is 13.8. The molecular formula is C94H88F7N11O14. The molecule has 2 atom stereocenters. The molecule has 2 aliphatic rings. The first-order chi connectivity index (χ1) is 59.6. The summed E-state index contributed by atoms with van der Waals surface area (Å²) in [6, 6.07) is 41.2. The SMILES string of the molecule is C=C(C)C(=O)Nc1ccc(F)cc1O.C=C(C)c1nc2ccc(F)cc2o1.CC(C)(C)OC(=O)CCCCc1nc2cc(C3=NOC(C)(c4nc5ccc(F)cc5o4)C3)ccc2c(=O)n1-c1ccc(F)cc1.CC(C)(C)OC(=O)CCCCc1nc2cc(C3=NOC(C)(c4nc5ccc(F)cc5o4)C3)ccc2c(=O)n1-c1ccc(F)cc1.Nc1ccc(F)cc1O. The number of oxime groups is 2. The smallest absolute Gasteiger partial charge is 0.306 e. The number of amides is 1. The minimum Gasteiger partial charge on any atom is -0.506 e. The van der Waals surface area contributed by atoms with Gasteiger partial charge in [0.05, 0.1) is 56.0 Å². The summed E-state index contributed by atoms with van der Waals surface area (Å²) in [5.74, 6) is -2.58. The first-order valence-electron chi connectivity index (χ1n) is 39.8. The van der Waals surface area contributed by atoms with Gasteiger partial charge in [-0.25, -0.2) is 55.7 Å².